The summed E-state index contributed by atoms with van der Waals surface area (Å²) >= 11 is 15.8. The Morgan fingerprint density at radius 2 is 1.62 bits per heavy atom. The molecule has 1 aromatic carbocycles. The number of halogens is 3. The van der Waals surface area contributed by atoms with Gasteiger partial charge in [-0.15, -0.1) is 0 Å². The summed E-state index contributed by atoms with van der Waals surface area (Å²) in [6.45, 7) is 0. The van der Waals surface area contributed by atoms with E-state index in [9.17, 15) is 0 Å². The van der Waals surface area contributed by atoms with Gasteiger partial charge in [0.2, 0.25) is 0 Å². The number of rotatable bonds is 2. The zero-order valence-electron chi connectivity index (χ0n) is 10.6. The lowest BCUT2D eigenvalue weighted by Gasteiger charge is -2.08. The summed E-state index contributed by atoms with van der Waals surface area (Å²) < 4.78 is 0.645. The molecule has 104 valence electrons. The van der Waals surface area contributed by atoms with Crippen molar-refractivity contribution in [1.82, 2.24) is 15.0 Å². The van der Waals surface area contributed by atoms with Gasteiger partial charge in [0.15, 0.2) is 5.82 Å². The smallest absolute Gasteiger partial charge is 0.181 e. The van der Waals surface area contributed by atoms with Crippen LogP contribution in [0.2, 0.25) is 10.2 Å². The maximum Gasteiger partial charge on any atom is 0.181 e. The van der Waals surface area contributed by atoms with Gasteiger partial charge in [0, 0.05) is 11.8 Å². The molecule has 0 aliphatic carbocycles. The molecule has 2 aromatic heterocycles. The van der Waals surface area contributed by atoms with Gasteiger partial charge in [-0.2, -0.15) is 0 Å². The number of aromatic nitrogens is 3. The maximum absolute atomic E-state index is 6.20. The Kier molecular flexibility index (Phi) is 4.19. The predicted octanol–water partition coefficient (Wildman–Crippen LogP) is 5.27. The van der Waals surface area contributed by atoms with Crippen LogP contribution in [-0.2, 0) is 0 Å². The van der Waals surface area contributed by atoms with E-state index in [1.165, 1.54) is 0 Å². The number of hydrogen-bond donors (Lipinski definition) is 0. The van der Waals surface area contributed by atoms with E-state index in [1.54, 1.807) is 18.3 Å². The summed E-state index contributed by atoms with van der Waals surface area (Å²) in [7, 11) is 0. The van der Waals surface area contributed by atoms with Crippen LogP contribution in [0.15, 0.2) is 53.1 Å². The second kappa shape index (κ2) is 6.10. The highest BCUT2D eigenvalue weighted by Gasteiger charge is 2.16. The third-order valence-corrected chi connectivity index (χ3v) is 4.39. The fourth-order valence-electron chi connectivity index (χ4n) is 1.86. The summed E-state index contributed by atoms with van der Waals surface area (Å²) in [6.07, 6.45) is 1.64. The van der Waals surface area contributed by atoms with E-state index in [0.717, 1.165) is 5.56 Å². The molecule has 0 unspecified atom stereocenters. The van der Waals surface area contributed by atoms with Crippen molar-refractivity contribution in [3.63, 3.8) is 0 Å². The Balaban J connectivity index is 2.22. The molecule has 2 heterocycles. The van der Waals surface area contributed by atoms with Crippen LogP contribution in [0.1, 0.15) is 0 Å². The quantitative estimate of drug-likeness (QED) is 0.568. The third kappa shape index (κ3) is 2.93. The lowest BCUT2D eigenvalue weighted by Crippen LogP contribution is -1.97. The van der Waals surface area contributed by atoms with Crippen LogP contribution in [0.25, 0.3) is 22.8 Å². The molecular weight excluding hydrogens is 373 g/mol. The maximum atomic E-state index is 6.20. The molecule has 0 aliphatic rings. The van der Waals surface area contributed by atoms with E-state index in [2.05, 4.69) is 30.9 Å². The third-order valence-electron chi connectivity index (χ3n) is 2.83. The first-order chi connectivity index (χ1) is 10.2. The standard InChI is InChI=1S/C15H8BrCl2N3/c16-11-12(9-5-2-1-3-6-9)20-15(21-14(11)18)13-10(17)7-4-8-19-13/h1-8H. The SMILES string of the molecule is Clc1cccnc1-c1nc(Cl)c(Br)c(-c2ccccc2)n1. The average molecular weight is 381 g/mol. The molecule has 0 atom stereocenters. The number of hydrogen-bond acceptors (Lipinski definition) is 3. The van der Waals surface area contributed by atoms with Crippen molar-refractivity contribution < 1.29 is 0 Å². The lowest BCUT2D eigenvalue weighted by molar-refractivity contribution is 1.13. The molecule has 3 aromatic rings. The van der Waals surface area contributed by atoms with Crippen LogP contribution in [0.4, 0.5) is 0 Å². The van der Waals surface area contributed by atoms with Crippen LogP contribution in [0.3, 0.4) is 0 Å². The molecule has 0 aliphatic heterocycles. The van der Waals surface area contributed by atoms with Crippen LogP contribution in [-0.4, -0.2) is 15.0 Å². The minimum Gasteiger partial charge on any atom is -0.251 e. The summed E-state index contributed by atoms with van der Waals surface area (Å²) in [5, 5.41) is 0.801. The summed E-state index contributed by atoms with van der Waals surface area (Å²) in [5.41, 5.74) is 2.14. The van der Waals surface area contributed by atoms with Crippen LogP contribution >= 0.6 is 39.1 Å². The van der Waals surface area contributed by atoms with Gasteiger partial charge in [-0.25, -0.2) is 9.97 Å². The van der Waals surface area contributed by atoms with Crippen molar-refractivity contribution in [2.75, 3.05) is 0 Å². The van der Waals surface area contributed by atoms with Gasteiger partial charge in [0.1, 0.15) is 10.8 Å². The van der Waals surface area contributed by atoms with Gasteiger partial charge in [-0.1, -0.05) is 53.5 Å². The molecule has 0 bridgehead atoms. The minimum atomic E-state index is 0.320. The number of pyridine rings is 1. The Labute approximate surface area is 140 Å². The van der Waals surface area contributed by atoms with Crippen molar-refractivity contribution in [3.05, 3.63) is 63.3 Å². The molecule has 0 N–H and O–H groups in total. The van der Waals surface area contributed by atoms with Crippen molar-refractivity contribution in [2.45, 2.75) is 0 Å². The van der Waals surface area contributed by atoms with Crippen LogP contribution in [0, 0.1) is 0 Å². The largest absolute Gasteiger partial charge is 0.251 e. The summed E-state index contributed by atoms with van der Waals surface area (Å²) in [4.78, 5) is 13.0. The second-order valence-corrected chi connectivity index (χ2v) is 5.76. The summed E-state index contributed by atoms with van der Waals surface area (Å²) in [6, 6.07) is 13.2. The fourth-order valence-corrected chi connectivity index (χ4v) is 2.65. The van der Waals surface area contributed by atoms with Gasteiger partial charge in [0.25, 0.3) is 0 Å². The van der Waals surface area contributed by atoms with Crippen molar-refractivity contribution in [2.24, 2.45) is 0 Å². The van der Waals surface area contributed by atoms with E-state index < -0.39 is 0 Å². The molecule has 0 saturated heterocycles. The molecule has 0 fully saturated rings. The molecule has 6 heteroatoms. The normalized spacial score (nSPS) is 10.6. The average Bonchev–Trinajstić information content (AvgIpc) is 2.51. The lowest BCUT2D eigenvalue weighted by atomic mass is 10.1. The molecule has 21 heavy (non-hydrogen) atoms. The molecule has 0 amide bonds. The van der Waals surface area contributed by atoms with E-state index in [-0.39, 0.29) is 0 Å². The minimum absolute atomic E-state index is 0.320. The molecule has 3 rings (SSSR count). The van der Waals surface area contributed by atoms with Gasteiger partial charge in [-0.3, -0.25) is 4.98 Å². The van der Waals surface area contributed by atoms with E-state index in [0.29, 0.717) is 31.9 Å². The zero-order chi connectivity index (χ0) is 14.8. The molecule has 0 radical (unpaired) electrons. The van der Waals surface area contributed by atoms with Crippen LogP contribution in [0.5, 0.6) is 0 Å². The molecule has 0 saturated carbocycles. The number of benzene rings is 1. The topological polar surface area (TPSA) is 38.7 Å². The monoisotopic (exact) mass is 379 g/mol. The van der Waals surface area contributed by atoms with Gasteiger partial charge in [0.05, 0.1) is 15.2 Å². The van der Waals surface area contributed by atoms with Gasteiger partial charge in [-0.05, 0) is 28.1 Å². The highest BCUT2D eigenvalue weighted by Crippen LogP contribution is 2.34. The van der Waals surface area contributed by atoms with Crippen molar-refractivity contribution >= 4 is 39.1 Å². The van der Waals surface area contributed by atoms with Crippen molar-refractivity contribution in [3.8, 4) is 22.8 Å². The predicted molar refractivity (Wildman–Crippen MR) is 88.4 cm³/mol. The van der Waals surface area contributed by atoms with E-state index in [4.69, 9.17) is 23.2 Å². The van der Waals surface area contributed by atoms with E-state index >= 15 is 0 Å². The van der Waals surface area contributed by atoms with Crippen molar-refractivity contribution in [1.29, 1.82) is 0 Å². The molecular formula is C15H8BrCl2N3. The molecule has 3 nitrogen and oxygen atoms in total. The van der Waals surface area contributed by atoms with Gasteiger partial charge >= 0.3 is 0 Å². The fraction of sp³-hybridized carbons (Fsp3) is 0. The first-order valence-corrected chi connectivity index (χ1v) is 7.61. The Morgan fingerprint density at radius 3 is 2.33 bits per heavy atom. The number of nitrogens with zero attached hydrogens (tertiary/aromatic N) is 3. The van der Waals surface area contributed by atoms with Gasteiger partial charge < -0.3 is 0 Å². The van der Waals surface area contributed by atoms with Crippen LogP contribution < -0.4 is 0 Å². The Hall–Kier alpha value is -1.49. The highest BCUT2D eigenvalue weighted by atomic mass is 79.9. The Bertz CT molecular complexity index is 794. The van der Waals surface area contributed by atoms with E-state index in [1.807, 2.05) is 30.3 Å². The Morgan fingerprint density at radius 1 is 0.857 bits per heavy atom. The zero-order valence-corrected chi connectivity index (χ0v) is 13.7. The second-order valence-electron chi connectivity index (χ2n) is 4.20. The first kappa shape index (κ1) is 14.4. The first-order valence-electron chi connectivity index (χ1n) is 6.06. The summed E-state index contributed by atoms with van der Waals surface area (Å²) in [5.74, 6) is 0.396. The molecule has 0 spiro atoms. The highest BCUT2D eigenvalue weighted by molar-refractivity contribution is 9.10.